The third-order valence-electron chi connectivity index (χ3n) is 7.61. The van der Waals surface area contributed by atoms with E-state index in [2.05, 4.69) is 26.0 Å². The van der Waals surface area contributed by atoms with Gasteiger partial charge in [-0.3, -0.25) is 14.9 Å². The van der Waals surface area contributed by atoms with Gasteiger partial charge in [0.1, 0.15) is 0 Å². The van der Waals surface area contributed by atoms with Crippen LogP contribution in [0.3, 0.4) is 0 Å². The molecule has 4 rings (SSSR count). The highest BCUT2D eigenvalue weighted by Crippen LogP contribution is 2.50. The van der Waals surface area contributed by atoms with Crippen LogP contribution in [0, 0.1) is 21.4 Å². The van der Waals surface area contributed by atoms with Crippen LogP contribution < -0.4 is 0 Å². The lowest BCUT2D eigenvalue weighted by Crippen LogP contribution is -2.50. The maximum Gasteiger partial charge on any atom is 0.269 e. The molecule has 1 N–H and O–H groups in total. The Kier molecular flexibility index (Phi) is 8.40. The summed E-state index contributed by atoms with van der Waals surface area (Å²) in [6, 6.07) is 6.25. The van der Waals surface area contributed by atoms with Gasteiger partial charge in [0, 0.05) is 41.1 Å². The molecule has 1 atom stereocenters. The van der Waals surface area contributed by atoms with E-state index < -0.39 is 10.6 Å². The fourth-order valence-corrected chi connectivity index (χ4v) is 5.12. The fraction of sp³-hybridized carbons (Fsp3) is 0.433. The molecule has 1 amide bonds. The average Bonchev–Trinajstić information content (AvgIpc) is 3.67. The number of nitro benzene ring substituents is 1. The Hall–Kier alpha value is -3.00. The van der Waals surface area contributed by atoms with Gasteiger partial charge in [-0.05, 0) is 48.5 Å². The average molecular weight is 539 g/mol. The molecular formula is C30H35ClN2O5. The van der Waals surface area contributed by atoms with Crippen LogP contribution in [0.4, 0.5) is 5.69 Å². The van der Waals surface area contributed by atoms with Crippen molar-refractivity contribution in [1.29, 1.82) is 0 Å². The van der Waals surface area contributed by atoms with Crippen molar-refractivity contribution in [3.05, 3.63) is 98.2 Å². The van der Waals surface area contributed by atoms with Crippen molar-refractivity contribution in [1.82, 2.24) is 4.90 Å². The van der Waals surface area contributed by atoms with Crippen molar-refractivity contribution >= 4 is 23.2 Å². The number of hydrogen-bond acceptors (Lipinski definition) is 5. The van der Waals surface area contributed by atoms with E-state index >= 15 is 0 Å². The minimum Gasteiger partial charge on any atom is -0.396 e. The number of hydrogen-bond donors (Lipinski definition) is 1. The summed E-state index contributed by atoms with van der Waals surface area (Å²) in [6.07, 6.45) is 14.3. The van der Waals surface area contributed by atoms with Gasteiger partial charge >= 0.3 is 0 Å². The van der Waals surface area contributed by atoms with E-state index in [1.165, 1.54) is 12.1 Å². The van der Waals surface area contributed by atoms with Gasteiger partial charge < -0.3 is 14.7 Å². The van der Waals surface area contributed by atoms with Gasteiger partial charge in [0.05, 0.1) is 24.6 Å². The monoisotopic (exact) mass is 538 g/mol. The number of carbonyl (C=O) groups is 1. The van der Waals surface area contributed by atoms with Crippen LogP contribution >= 0.6 is 11.6 Å². The topological polar surface area (TPSA) is 92.9 Å². The molecule has 0 spiro atoms. The molecule has 38 heavy (non-hydrogen) atoms. The molecule has 7 nitrogen and oxygen atoms in total. The maximum absolute atomic E-state index is 13.8. The molecule has 1 heterocycles. The molecule has 202 valence electrons. The largest absolute Gasteiger partial charge is 0.396 e. The van der Waals surface area contributed by atoms with Crippen LogP contribution in [0.1, 0.15) is 52.0 Å². The lowest BCUT2D eigenvalue weighted by Gasteiger charge is -2.41. The summed E-state index contributed by atoms with van der Waals surface area (Å²) in [4.78, 5) is 26.2. The molecule has 1 saturated carbocycles. The van der Waals surface area contributed by atoms with Gasteiger partial charge in [0.15, 0.2) is 5.72 Å². The van der Waals surface area contributed by atoms with Crippen molar-refractivity contribution in [3.8, 4) is 0 Å². The van der Waals surface area contributed by atoms with Gasteiger partial charge in [-0.1, -0.05) is 68.0 Å². The molecule has 1 aromatic carbocycles. The van der Waals surface area contributed by atoms with Crippen LogP contribution in [0.15, 0.2) is 82.5 Å². The highest BCUT2D eigenvalue weighted by molar-refractivity contribution is 6.29. The number of rotatable bonds is 10. The van der Waals surface area contributed by atoms with E-state index in [9.17, 15) is 20.0 Å². The summed E-state index contributed by atoms with van der Waals surface area (Å²) in [5.74, 6) is 0.139. The predicted octanol–water partition coefficient (Wildman–Crippen LogP) is 6.35. The minimum atomic E-state index is -1.22. The van der Waals surface area contributed by atoms with Crippen molar-refractivity contribution in [2.24, 2.45) is 11.3 Å². The van der Waals surface area contributed by atoms with Crippen LogP contribution in [0.2, 0.25) is 0 Å². The highest BCUT2D eigenvalue weighted by Gasteiger charge is 2.55. The Morgan fingerprint density at radius 2 is 1.97 bits per heavy atom. The number of amides is 1. The Morgan fingerprint density at radius 3 is 2.55 bits per heavy atom. The second kappa shape index (κ2) is 11.4. The third kappa shape index (κ3) is 5.70. The number of carbonyl (C=O) groups excluding carboxylic acids is 1. The summed E-state index contributed by atoms with van der Waals surface area (Å²) in [7, 11) is 0. The second-order valence-corrected chi connectivity index (χ2v) is 11.1. The molecule has 1 saturated heterocycles. The maximum atomic E-state index is 13.8. The Morgan fingerprint density at radius 1 is 1.26 bits per heavy atom. The first kappa shape index (κ1) is 28.0. The molecule has 1 unspecified atom stereocenters. The van der Waals surface area contributed by atoms with E-state index in [-0.39, 0.29) is 42.5 Å². The van der Waals surface area contributed by atoms with Crippen molar-refractivity contribution in [3.63, 3.8) is 0 Å². The van der Waals surface area contributed by atoms with Crippen LogP contribution in [0.5, 0.6) is 0 Å². The second-order valence-electron chi connectivity index (χ2n) is 10.6. The summed E-state index contributed by atoms with van der Waals surface area (Å²) in [5, 5.41) is 21.9. The van der Waals surface area contributed by atoms with Crippen molar-refractivity contribution in [2.45, 2.75) is 58.7 Å². The summed E-state index contributed by atoms with van der Waals surface area (Å²) < 4.78 is 6.84. The molecule has 0 bridgehead atoms. The first-order valence-electron chi connectivity index (χ1n) is 13.0. The molecule has 2 aliphatic carbocycles. The van der Waals surface area contributed by atoms with E-state index in [1.54, 1.807) is 17.0 Å². The number of benzene rings is 1. The number of halogens is 1. The molecule has 8 heteroatoms. The summed E-state index contributed by atoms with van der Waals surface area (Å²) in [6.45, 7) is 6.72. The van der Waals surface area contributed by atoms with Gasteiger partial charge in [0.25, 0.3) is 5.69 Å². The standard InChI is InChI=1S/C30H35ClN2O5/c1-4-23(21(2)3)16-25-17-28(35)32(18-22-8-12-27(13-9-22)33(36)37)30(25,38-20-29(19-34)14-15-29)24-6-5-7-26(31)11-10-24/h4-6,8-13,16,21,34H,7,14-15,17-20H2,1-3H3/b23-4+,25-16+. The zero-order valence-electron chi connectivity index (χ0n) is 22.2. The molecular weight excluding hydrogens is 504 g/mol. The lowest BCUT2D eigenvalue weighted by molar-refractivity contribution is -0.384. The number of ether oxygens (including phenoxy) is 1. The fourth-order valence-electron chi connectivity index (χ4n) is 4.97. The number of nitrogens with zero attached hydrogens (tertiary/aromatic N) is 2. The summed E-state index contributed by atoms with van der Waals surface area (Å²) >= 11 is 6.37. The highest BCUT2D eigenvalue weighted by atomic mass is 35.5. The molecule has 3 aliphatic rings. The van der Waals surface area contributed by atoms with E-state index in [0.29, 0.717) is 18.1 Å². The Bertz CT molecular complexity index is 1240. The lowest BCUT2D eigenvalue weighted by atomic mass is 9.89. The quantitative estimate of drug-likeness (QED) is 0.277. The molecule has 2 fully saturated rings. The SMILES string of the molecule is C/C=C(\C=C1/CC(=O)N(Cc2ccc([N+](=O)[O-])cc2)C1(OCC1(CO)CC1)C1=CC=C(Cl)CC=C1)C(C)C. The van der Waals surface area contributed by atoms with E-state index in [1.807, 2.05) is 31.2 Å². The van der Waals surface area contributed by atoms with Crippen molar-refractivity contribution < 1.29 is 19.6 Å². The predicted molar refractivity (Wildman–Crippen MR) is 148 cm³/mol. The van der Waals surface area contributed by atoms with Crippen LogP contribution in [-0.2, 0) is 16.1 Å². The Labute approximate surface area is 229 Å². The number of aliphatic hydroxyl groups excluding tert-OH is 1. The first-order valence-corrected chi connectivity index (χ1v) is 13.4. The number of nitro groups is 1. The molecule has 1 aromatic rings. The van der Waals surface area contributed by atoms with Crippen molar-refractivity contribution in [2.75, 3.05) is 13.2 Å². The zero-order valence-corrected chi connectivity index (χ0v) is 22.9. The van der Waals surface area contributed by atoms with E-state index in [4.69, 9.17) is 16.3 Å². The molecule has 1 aliphatic heterocycles. The van der Waals surface area contributed by atoms with Gasteiger partial charge in [-0.2, -0.15) is 0 Å². The summed E-state index contributed by atoms with van der Waals surface area (Å²) in [5.41, 5.74) is 1.90. The normalized spacial score (nSPS) is 24.1. The van der Waals surface area contributed by atoms with Gasteiger partial charge in [0.2, 0.25) is 5.91 Å². The van der Waals surface area contributed by atoms with Gasteiger partial charge in [-0.25, -0.2) is 0 Å². The van der Waals surface area contributed by atoms with Gasteiger partial charge in [-0.15, -0.1) is 0 Å². The number of aliphatic hydroxyl groups is 1. The third-order valence-corrected chi connectivity index (χ3v) is 7.89. The van der Waals surface area contributed by atoms with Crippen LogP contribution in [-0.4, -0.2) is 39.8 Å². The smallest absolute Gasteiger partial charge is 0.269 e. The number of likely N-dealkylation sites (tertiary alicyclic amines) is 1. The van der Waals surface area contributed by atoms with Crippen LogP contribution in [0.25, 0.3) is 0 Å². The van der Waals surface area contributed by atoms with E-state index in [0.717, 1.165) is 35.1 Å². The first-order chi connectivity index (χ1) is 18.1. The Balaban J connectivity index is 1.87. The minimum absolute atomic E-state index is 0.00735. The molecule has 0 radical (unpaired) electrons. The number of allylic oxidation sites excluding steroid dienone is 7. The molecule has 0 aromatic heterocycles. The zero-order chi connectivity index (χ0) is 27.5. The number of non-ortho nitro benzene ring substituents is 1.